The van der Waals surface area contributed by atoms with Crippen molar-refractivity contribution in [3.05, 3.63) is 76.5 Å². The van der Waals surface area contributed by atoms with Gasteiger partial charge in [0.1, 0.15) is 11.5 Å². The summed E-state index contributed by atoms with van der Waals surface area (Å²) in [4.78, 5) is 31.1. The van der Waals surface area contributed by atoms with E-state index in [1.54, 1.807) is 30.5 Å². The summed E-state index contributed by atoms with van der Waals surface area (Å²) in [5.74, 6) is 0.853. The molecule has 3 aromatic rings. The predicted molar refractivity (Wildman–Crippen MR) is 125 cm³/mol. The maximum atomic E-state index is 13.6. The summed E-state index contributed by atoms with van der Waals surface area (Å²) >= 11 is 1.62. The number of methoxy groups -OCH3 is 2. The minimum Gasteiger partial charge on any atom is -0.496 e. The molecule has 1 aliphatic rings. The first-order valence-electron chi connectivity index (χ1n) is 10.5. The molecule has 1 aliphatic heterocycles. The first kappa shape index (κ1) is 21.9. The standard InChI is InChI=1S/C25H26N2O4S/c1-30-22-11-5-3-8-18(22)15-26(17-20-9-7-13-32-20)25(29)19-14-24(28)27(16-19)21-10-4-6-12-23(21)31-2/h3-13,19H,14-17H2,1-2H3. The Hall–Kier alpha value is -3.32. The second-order valence-corrected chi connectivity index (χ2v) is 8.69. The highest BCUT2D eigenvalue weighted by molar-refractivity contribution is 7.09. The number of benzene rings is 2. The lowest BCUT2D eigenvalue weighted by molar-refractivity contribution is -0.137. The molecule has 0 aliphatic carbocycles. The average Bonchev–Trinajstić information content (AvgIpc) is 3.48. The van der Waals surface area contributed by atoms with Crippen LogP contribution >= 0.6 is 11.3 Å². The summed E-state index contributed by atoms with van der Waals surface area (Å²) in [5.41, 5.74) is 1.63. The van der Waals surface area contributed by atoms with Gasteiger partial charge in [0.15, 0.2) is 0 Å². The van der Waals surface area contributed by atoms with Crippen molar-refractivity contribution in [3.63, 3.8) is 0 Å². The van der Waals surface area contributed by atoms with Gasteiger partial charge in [-0.3, -0.25) is 9.59 Å². The number of hydrogen-bond donors (Lipinski definition) is 0. The molecule has 0 N–H and O–H groups in total. The maximum absolute atomic E-state index is 13.6. The molecule has 1 fully saturated rings. The van der Waals surface area contributed by atoms with E-state index in [1.165, 1.54) is 0 Å². The molecule has 32 heavy (non-hydrogen) atoms. The fourth-order valence-electron chi connectivity index (χ4n) is 4.06. The zero-order valence-electron chi connectivity index (χ0n) is 18.2. The summed E-state index contributed by atoms with van der Waals surface area (Å²) < 4.78 is 10.9. The molecule has 2 heterocycles. The highest BCUT2D eigenvalue weighted by Crippen LogP contribution is 2.34. The number of anilines is 1. The van der Waals surface area contributed by atoms with Crippen molar-refractivity contribution >= 4 is 28.8 Å². The Morgan fingerprint density at radius 3 is 2.44 bits per heavy atom. The number of ether oxygens (including phenoxy) is 2. The normalized spacial score (nSPS) is 15.6. The van der Waals surface area contributed by atoms with Crippen LogP contribution in [0.3, 0.4) is 0 Å². The van der Waals surface area contributed by atoms with E-state index in [0.717, 1.165) is 16.2 Å². The van der Waals surface area contributed by atoms with Crippen LogP contribution in [0.5, 0.6) is 11.5 Å². The van der Waals surface area contributed by atoms with Gasteiger partial charge >= 0.3 is 0 Å². The molecule has 1 unspecified atom stereocenters. The van der Waals surface area contributed by atoms with E-state index in [-0.39, 0.29) is 18.2 Å². The Balaban J connectivity index is 1.57. The molecule has 4 rings (SSSR count). The van der Waals surface area contributed by atoms with Gasteiger partial charge < -0.3 is 19.3 Å². The first-order chi connectivity index (χ1) is 15.6. The second kappa shape index (κ2) is 9.87. The lowest BCUT2D eigenvalue weighted by Gasteiger charge is -2.26. The van der Waals surface area contributed by atoms with Crippen molar-refractivity contribution in [1.29, 1.82) is 0 Å². The molecule has 0 bridgehead atoms. The Labute approximate surface area is 192 Å². The Morgan fingerprint density at radius 2 is 1.72 bits per heavy atom. The summed E-state index contributed by atoms with van der Waals surface area (Å²) in [7, 11) is 3.21. The van der Waals surface area contributed by atoms with E-state index in [4.69, 9.17) is 9.47 Å². The van der Waals surface area contributed by atoms with E-state index >= 15 is 0 Å². The van der Waals surface area contributed by atoms with Crippen molar-refractivity contribution in [2.75, 3.05) is 25.7 Å². The number of amides is 2. The Bertz CT molecular complexity index is 1080. The average molecular weight is 451 g/mol. The van der Waals surface area contributed by atoms with Crippen molar-refractivity contribution < 1.29 is 19.1 Å². The molecular weight excluding hydrogens is 424 g/mol. The van der Waals surface area contributed by atoms with E-state index in [9.17, 15) is 9.59 Å². The highest BCUT2D eigenvalue weighted by atomic mass is 32.1. The summed E-state index contributed by atoms with van der Waals surface area (Å²) in [5, 5.41) is 2.00. The lowest BCUT2D eigenvalue weighted by Crippen LogP contribution is -2.36. The molecule has 7 heteroatoms. The summed E-state index contributed by atoms with van der Waals surface area (Å²) in [6.45, 7) is 1.25. The van der Waals surface area contributed by atoms with Gasteiger partial charge in [0.25, 0.3) is 0 Å². The monoisotopic (exact) mass is 450 g/mol. The van der Waals surface area contributed by atoms with Crippen LogP contribution in [0.25, 0.3) is 0 Å². The van der Waals surface area contributed by atoms with Gasteiger partial charge in [-0.2, -0.15) is 0 Å². The zero-order chi connectivity index (χ0) is 22.5. The van der Waals surface area contributed by atoms with Crippen LogP contribution in [-0.4, -0.2) is 37.5 Å². The molecule has 166 valence electrons. The number of nitrogens with zero attached hydrogens (tertiary/aromatic N) is 2. The van der Waals surface area contributed by atoms with E-state index in [0.29, 0.717) is 31.1 Å². The number of carbonyl (C=O) groups is 2. The quantitative estimate of drug-likeness (QED) is 0.512. The van der Waals surface area contributed by atoms with Gasteiger partial charge in [0.05, 0.1) is 32.4 Å². The molecule has 6 nitrogen and oxygen atoms in total. The van der Waals surface area contributed by atoms with Crippen LogP contribution in [-0.2, 0) is 22.7 Å². The van der Waals surface area contributed by atoms with E-state index in [2.05, 4.69) is 0 Å². The van der Waals surface area contributed by atoms with E-state index in [1.807, 2.05) is 70.9 Å². The van der Waals surface area contributed by atoms with Crippen LogP contribution in [0, 0.1) is 5.92 Å². The fourth-order valence-corrected chi connectivity index (χ4v) is 4.78. The van der Waals surface area contributed by atoms with Crippen molar-refractivity contribution in [2.45, 2.75) is 19.5 Å². The summed E-state index contributed by atoms with van der Waals surface area (Å²) in [6, 6.07) is 19.1. The minimum absolute atomic E-state index is 0.0324. The van der Waals surface area contributed by atoms with Gasteiger partial charge in [-0.25, -0.2) is 0 Å². The summed E-state index contributed by atoms with van der Waals surface area (Å²) in [6.07, 6.45) is 0.184. The smallest absolute Gasteiger partial charge is 0.228 e. The van der Waals surface area contributed by atoms with Gasteiger partial charge in [-0.05, 0) is 29.6 Å². The Kier molecular flexibility index (Phi) is 6.75. The van der Waals surface area contributed by atoms with Crippen LogP contribution in [0.1, 0.15) is 16.9 Å². The lowest BCUT2D eigenvalue weighted by atomic mass is 10.1. The van der Waals surface area contributed by atoms with Crippen LogP contribution in [0.15, 0.2) is 66.0 Å². The Morgan fingerprint density at radius 1 is 1.00 bits per heavy atom. The van der Waals surface area contributed by atoms with Gasteiger partial charge in [-0.15, -0.1) is 11.3 Å². The molecule has 1 saturated heterocycles. The molecule has 1 atom stereocenters. The molecule has 0 spiro atoms. The first-order valence-corrected chi connectivity index (χ1v) is 11.3. The number of para-hydroxylation sites is 3. The third kappa shape index (κ3) is 4.62. The van der Waals surface area contributed by atoms with Crippen molar-refractivity contribution in [2.24, 2.45) is 5.92 Å². The third-order valence-electron chi connectivity index (χ3n) is 5.64. The topological polar surface area (TPSA) is 59.1 Å². The molecule has 0 saturated carbocycles. The van der Waals surface area contributed by atoms with Crippen molar-refractivity contribution in [1.82, 2.24) is 4.90 Å². The fraction of sp³-hybridized carbons (Fsp3) is 0.280. The van der Waals surface area contributed by atoms with E-state index < -0.39 is 5.92 Å². The van der Waals surface area contributed by atoms with Crippen molar-refractivity contribution in [3.8, 4) is 11.5 Å². The number of carbonyl (C=O) groups excluding carboxylic acids is 2. The largest absolute Gasteiger partial charge is 0.496 e. The third-order valence-corrected chi connectivity index (χ3v) is 6.50. The van der Waals surface area contributed by atoms with Gasteiger partial charge in [-0.1, -0.05) is 36.4 Å². The predicted octanol–water partition coefficient (Wildman–Crippen LogP) is 4.35. The van der Waals surface area contributed by atoms with Crippen LogP contribution < -0.4 is 14.4 Å². The van der Waals surface area contributed by atoms with Gasteiger partial charge in [0, 0.05) is 30.0 Å². The maximum Gasteiger partial charge on any atom is 0.228 e. The zero-order valence-corrected chi connectivity index (χ0v) is 19.0. The van der Waals surface area contributed by atoms with Crippen LogP contribution in [0.4, 0.5) is 5.69 Å². The molecular formula is C25H26N2O4S. The SMILES string of the molecule is COc1ccccc1CN(Cc1cccs1)C(=O)C1CC(=O)N(c2ccccc2OC)C1. The van der Waals surface area contributed by atoms with Crippen LogP contribution in [0.2, 0.25) is 0 Å². The number of thiophene rings is 1. The second-order valence-electron chi connectivity index (χ2n) is 7.66. The number of hydrogen-bond acceptors (Lipinski definition) is 5. The molecule has 2 amide bonds. The molecule has 1 aromatic heterocycles. The molecule has 0 radical (unpaired) electrons. The molecule has 2 aromatic carbocycles. The number of rotatable bonds is 8. The highest BCUT2D eigenvalue weighted by Gasteiger charge is 2.38. The minimum atomic E-state index is -0.415. The van der Waals surface area contributed by atoms with Gasteiger partial charge in [0.2, 0.25) is 11.8 Å².